The number of aromatic nitrogens is 3. The summed E-state index contributed by atoms with van der Waals surface area (Å²) >= 11 is 0. The molecule has 7 heteroatoms. The lowest BCUT2D eigenvalue weighted by Crippen LogP contribution is -2.30. The average Bonchev–Trinajstić information content (AvgIpc) is 2.93. The first kappa shape index (κ1) is 13.5. The Morgan fingerprint density at radius 2 is 2.14 bits per heavy atom. The largest absolute Gasteiger partial charge is 0.366 e. The fourth-order valence-electron chi connectivity index (χ4n) is 2.31. The smallest absolute Gasteiger partial charge is 0.250 e. The number of anilines is 1. The zero-order chi connectivity index (χ0) is 14.8. The highest BCUT2D eigenvalue weighted by Crippen LogP contribution is 2.29. The van der Waals surface area contributed by atoms with E-state index >= 15 is 0 Å². The monoisotopic (exact) mass is 289 g/mol. The highest BCUT2D eigenvalue weighted by Gasteiger charge is 2.28. The molecule has 0 atom stereocenters. The molecule has 0 saturated heterocycles. The van der Waals surface area contributed by atoms with E-state index in [1.165, 1.54) is 0 Å². The minimum Gasteiger partial charge on any atom is -0.366 e. The Labute approximate surface area is 121 Å². The van der Waals surface area contributed by atoms with E-state index in [2.05, 4.69) is 15.3 Å². The molecule has 2 aromatic heterocycles. The molecule has 0 aromatic carbocycles. The molecule has 2 aromatic rings. The molecule has 110 valence electrons. The lowest BCUT2D eigenvalue weighted by atomic mass is 9.83. The van der Waals surface area contributed by atoms with E-state index in [1.54, 1.807) is 35.4 Å². The van der Waals surface area contributed by atoms with E-state index in [1.807, 2.05) is 0 Å². The molecular formula is C14H16FN5O. The van der Waals surface area contributed by atoms with Gasteiger partial charge in [0.25, 0.3) is 0 Å². The maximum Gasteiger partial charge on any atom is 0.250 e. The molecule has 1 saturated carbocycles. The molecule has 21 heavy (non-hydrogen) atoms. The fraction of sp³-hybridized carbons (Fsp3) is 0.357. The molecule has 0 radical (unpaired) electrons. The van der Waals surface area contributed by atoms with E-state index in [-0.39, 0.29) is 0 Å². The SMILES string of the molecule is NC(=O)c1ccn(-c2cnc(NC[C@H]3C[C@@H](F)C3)nc2)c1. The van der Waals surface area contributed by atoms with Crippen molar-refractivity contribution in [2.45, 2.75) is 19.0 Å². The Kier molecular flexibility index (Phi) is 3.55. The number of nitrogens with zero attached hydrogens (tertiary/aromatic N) is 3. The molecule has 3 rings (SSSR count). The van der Waals surface area contributed by atoms with Gasteiger partial charge in [-0.1, -0.05) is 0 Å². The van der Waals surface area contributed by atoms with Crippen LogP contribution in [0.3, 0.4) is 0 Å². The Hall–Kier alpha value is -2.44. The second kappa shape index (κ2) is 5.51. The fourth-order valence-corrected chi connectivity index (χ4v) is 2.31. The highest BCUT2D eigenvalue weighted by molar-refractivity contribution is 5.92. The van der Waals surface area contributed by atoms with Crippen LogP contribution in [-0.4, -0.2) is 33.2 Å². The van der Waals surface area contributed by atoms with E-state index in [9.17, 15) is 9.18 Å². The first-order valence-electron chi connectivity index (χ1n) is 6.80. The van der Waals surface area contributed by atoms with Crippen LogP contribution < -0.4 is 11.1 Å². The first-order chi connectivity index (χ1) is 10.1. The molecule has 1 aliphatic carbocycles. The van der Waals surface area contributed by atoms with Gasteiger partial charge in [0, 0.05) is 18.9 Å². The van der Waals surface area contributed by atoms with Gasteiger partial charge in [-0.2, -0.15) is 0 Å². The summed E-state index contributed by atoms with van der Waals surface area (Å²) < 4.78 is 14.4. The summed E-state index contributed by atoms with van der Waals surface area (Å²) in [6, 6.07) is 1.64. The zero-order valence-corrected chi connectivity index (χ0v) is 11.4. The van der Waals surface area contributed by atoms with Gasteiger partial charge < -0.3 is 15.6 Å². The Balaban J connectivity index is 1.61. The molecule has 3 N–H and O–H groups in total. The molecule has 1 aliphatic rings. The number of nitrogens with one attached hydrogen (secondary N) is 1. The van der Waals surface area contributed by atoms with Crippen molar-refractivity contribution in [3.05, 3.63) is 36.4 Å². The van der Waals surface area contributed by atoms with Crippen molar-refractivity contribution in [3.63, 3.8) is 0 Å². The van der Waals surface area contributed by atoms with Crippen molar-refractivity contribution in [2.75, 3.05) is 11.9 Å². The van der Waals surface area contributed by atoms with Gasteiger partial charge in [0.2, 0.25) is 11.9 Å². The zero-order valence-electron chi connectivity index (χ0n) is 11.4. The van der Waals surface area contributed by atoms with Crippen molar-refractivity contribution in [1.82, 2.24) is 14.5 Å². The second-order valence-corrected chi connectivity index (χ2v) is 5.25. The highest BCUT2D eigenvalue weighted by atomic mass is 19.1. The third-order valence-electron chi connectivity index (χ3n) is 3.64. The van der Waals surface area contributed by atoms with Crippen LogP contribution in [0.4, 0.5) is 10.3 Å². The number of hydrogen-bond donors (Lipinski definition) is 2. The lowest BCUT2D eigenvalue weighted by Gasteiger charge is -2.29. The summed E-state index contributed by atoms with van der Waals surface area (Å²) in [5.41, 5.74) is 6.38. The number of primary amides is 1. The summed E-state index contributed by atoms with van der Waals surface area (Å²) in [5.74, 6) is 0.411. The Bertz CT molecular complexity index is 633. The third-order valence-corrected chi connectivity index (χ3v) is 3.64. The number of carbonyl (C=O) groups is 1. The molecule has 0 unspecified atom stereocenters. The quantitative estimate of drug-likeness (QED) is 0.874. The second-order valence-electron chi connectivity index (χ2n) is 5.25. The maximum absolute atomic E-state index is 12.7. The van der Waals surface area contributed by atoms with E-state index < -0.39 is 12.1 Å². The summed E-state index contributed by atoms with van der Waals surface area (Å²) in [6.45, 7) is 0.690. The summed E-state index contributed by atoms with van der Waals surface area (Å²) in [4.78, 5) is 19.5. The van der Waals surface area contributed by atoms with Crippen LogP contribution in [-0.2, 0) is 0 Å². The predicted molar refractivity (Wildman–Crippen MR) is 76.0 cm³/mol. The molecule has 2 heterocycles. The number of carbonyl (C=O) groups excluding carboxylic acids is 1. The van der Waals surface area contributed by atoms with Crippen molar-refractivity contribution in [1.29, 1.82) is 0 Å². The van der Waals surface area contributed by atoms with Gasteiger partial charge in [-0.25, -0.2) is 14.4 Å². The average molecular weight is 289 g/mol. The van der Waals surface area contributed by atoms with Gasteiger partial charge in [0.05, 0.1) is 23.6 Å². The molecule has 0 bridgehead atoms. The molecule has 1 amide bonds. The normalized spacial score (nSPS) is 20.8. The standard InChI is InChI=1S/C14H16FN5O/c15-11-3-9(4-11)5-17-14-18-6-12(7-19-14)20-2-1-10(8-20)13(16)21/h1-2,6-9,11H,3-5H2,(H2,16,21)(H,17,18,19)/t9-,11+. The van der Waals surface area contributed by atoms with Gasteiger partial charge >= 0.3 is 0 Å². The van der Waals surface area contributed by atoms with Crippen LogP contribution in [0.25, 0.3) is 5.69 Å². The first-order valence-corrected chi connectivity index (χ1v) is 6.80. The van der Waals surface area contributed by atoms with E-state index in [0.29, 0.717) is 36.8 Å². The third kappa shape index (κ3) is 3.01. The van der Waals surface area contributed by atoms with Gasteiger partial charge in [-0.05, 0) is 24.8 Å². The topological polar surface area (TPSA) is 85.8 Å². The van der Waals surface area contributed by atoms with Crippen LogP contribution in [0.2, 0.25) is 0 Å². The summed E-state index contributed by atoms with van der Waals surface area (Å²) in [6.07, 6.45) is 7.24. The molecular weight excluding hydrogens is 273 g/mol. The summed E-state index contributed by atoms with van der Waals surface area (Å²) in [7, 11) is 0. The van der Waals surface area contributed by atoms with Crippen molar-refractivity contribution in [3.8, 4) is 5.69 Å². The van der Waals surface area contributed by atoms with Gasteiger partial charge in [-0.15, -0.1) is 0 Å². The predicted octanol–water partition coefficient (Wildman–Crippen LogP) is 1.53. The Morgan fingerprint density at radius 3 is 2.71 bits per heavy atom. The van der Waals surface area contributed by atoms with Crippen molar-refractivity contribution >= 4 is 11.9 Å². The lowest BCUT2D eigenvalue weighted by molar-refractivity contribution is 0.100. The summed E-state index contributed by atoms with van der Waals surface area (Å²) in [5, 5.41) is 3.10. The molecule has 6 nitrogen and oxygen atoms in total. The van der Waals surface area contributed by atoms with Gasteiger partial charge in [0.1, 0.15) is 6.17 Å². The van der Waals surface area contributed by atoms with Crippen LogP contribution in [0.15, 0.2) is 30.9 Å². The van der Waals surface area contributed by atoms with E-state index in [4.69, 9.17) is 5.73 Å². The molecule has 1 fully saturated rings. The minimum absolute atomic E-state index is 0.367. The number of nitrogens with two attached hydrogens (primary N) is 1. The van der Waals surface area contributed by atoms with Gasteiger partial charge in [0.15, 0.2) is 0 Å². The molecule has 0 aliphatic heterocycles. The van der Waals surface area contributed by atoms with Crippen molar-refractivity contribution < 1.29 is 9.18 Å². The maximum atomic E-state index is 12.7. The van der Waals surface area contributed by atoms with Crippen LogP contribution in [0.5, 0.6) is 0 Å². The number of halogens is 1. The number of amides is 1. The molecule has 0 spiro atoms. The number of hydrogen-bond acceptors (Lipinski definition) is 4. The van der Waals surface area contributed by atoms with Crippen LogP contribution >= 0.6 is 0 Å². The van der Waals surface area contributed by atoms with Crippen LogP contribution in [0, 0.1) is 5.92 Å². The van der Waals surface area contributed by atoms with Crippen LogP contribution in [0.1, 0.15) is 23.2 Å². The number of alkyl halides is 1. The van der Waals surface area contributed by atoms with Gasteiger partial charge in [-0.3, -0.25) is 4.79 Å². The van der Waals surface area contributed by atoms with Crippen molar-refractivity contribution in [2.24, 2.45) is 11.7 Å². The number of rotatable bonds is 5. The minimum atomic E-state index is -0.645. The Morgan fingerprint density at radius 1 is 1.43 bits per heavy atom. The van der Waals surface area contributed by atoms with E-state index in [0.717, 1.165) is 5.69 Å².